The van der Waals surface area contributed by atoms with Crippen LogP contribution >= 0.6 is 0 Å². The lowest BCUT2D eigenvalue weighted by molar-refractivity contribution is 0.563. The molecule has 0 aliphatic heterocycles. The van der Waals surface area contributed by atoms with Crippen LogP contribution in [0.1, 0.15) is 30.1 Å². The third-order valence-electron chi connectivity index (χ3n) is 3.57. The van der Waals surface area contributed by atoms with Crippen molar-refractivity contribution in [2.24, 2.45) is 11.7 Å². The maximum absolute atomic E-state index is 6.31. The van der Waals surface area contributed by atoms with Gasteiger partial charge in [0.15, 0.2) is 0 Å². The van der Waals surface area contributed by atoms with Gasteiger partial charge in [-0.05, 0) is 30.7 Å². The maximum Gasteiger partial charge on any atom is 0.0948 e. The molecule has 1 fully saturated rings. The van der Waals surface area contributed by atoms with E-state index < -0.39 is 0 Å². The fourth-order valence-corrected chi connectivity index (χ4v) is 2.34. The SMILES string of the molecule is N[C@H](Cc1ccccc1)c1cncn1CC1CC1. The van der Waals surface area contributed by atoms with E-state index in [1.54, 1.807) is 0 Å². The standard InChI is InChI=1S/C15H19N3/c16-14(8-12-4-2-1-3-5-12)15-9-17-11-18(15)10-13-6-7-13/h1-5,9,11,13-14H,6-8,10,16H2/t14-/m1/s1. The third kappa shape index (κ3) is 2.62. The van der Waals surface area contributed by atoms with Gasteiger partial charge < -0.3 is 10.3 Å². The first-order chi connectivity index (χ1) is 8.83. The molecule has 2 aromatic rings. The third-order valence-corrected chi connectivity index (χ3v) is 3.57. The van der Waals surface area contributed by atoms with E-state index in [4.69, 9.17) is 5.73 Å². The summed E-state index contributed by atoms with van der Waals surface area (Å²) >= 11 is 0. The molecular weight excluding hydrogens is 222 g/mol. The molecule has 0 radical (unpaired) electrons. The van der Waals surface area contributed by atoms with Gasteiger partial charge in [-0.2, -0.15) is 0 Å². The zero-order chi connectivity index (χ0) is 12.4. The number of benzene rings is 1. The first-order valence-electron chi connectivity index (χ1n) is 6.62. The highest BCUT2D eigenvalue weighted by molar-refractivity contribution is 5.18. The average molecular weight is 241 g/mol. The number of rotatable bonds is 5. The van der Waals surface area contributed by atoms with E-state index in [1.807, 2.05) is 18.6 Å². The van der Waals surface area contributed by atoms with Crippen LogP contribution in [-0.2, 0) is 13.0 Å². The Morgan fingerprint density at radius 2 is 2.06 bits per heavy atom. The van der Waals surface area contributed by atoms with Gasteiger partial charge >= 0.3 is 0 Å². The van der Waals surface area contributed by atoms with Crippen LogP contribution in [0.5, 0.6) is 0 Å². The Labute approximate surface area is 108 Å². The number of imidazole rings is 1. The van der Waals surface area contributed by atoms with E-state index in [0.717, 1.165) is 24.6 Å². The van der Waals surface area contributed by atoms with Gasteiger partial charge in [0, 0.05) is 12.7 Å². The predicted octanol–water partition coefficient (Wildman–Crippen LogP) is 2.54. The monoisotopic (exact) mass is 241 g/mol. The van der Waals surface area contributed by atoms with Crippen molar-refractivity contribution in [3.63, 3.8) is 0 Å². The Hall–Kier alpha value is -1.61. The van der Waals surface area contributed by atoms with Gasteiger partial charge in [-0.25, -0.2) is 4.98 Å². The Kier molecular flexibility index (Phi) is 3.15. The molecule has 1 heterocycles. The van der Waals surface area contributed by atoms with Crippen molar-refractivity contribution in [1.82, 2.24) is 9.55 Å². The lowest BCUT2D eigenvalue weighted by Crippen LogP contribution is -2.18. The van der Waals surface area contributed by atoms with Crippen molar-refractivity contribution in [2.45, 2.75) is 31.8 Å². The van der Waals surface area contributed by atoms with E-state index in [9.17, 15) is 0 Å². The molecule has 18 heavy (non-hydrogen) atoms. The topological polar surface area (TPSA) is 43.8 Å². The summed E-state index contributed by atoms with van der Waals surface area (Å²) < 4.78 is 2.23. The van der Waals surface area contributed by atoms with Crippen molar-refractivity contribution < 1.29 is 0 Å². The van der Waals surface area contributed by atoms with Crippen LogP contribution in [0.3, 0.4) is 0 Å². The largest absolute Gasteiger partial charge is 0.333 e. The second kappa shape index (κ2) is 4.94. The highest BCUT2D eigenvalue weighted by Crippen LogP contribution is 2.31. The molecule has 3 rings (SSSR count). The van der Waals surface area contributed by atoms with Crippen LogP contribution in [0, 0.1) is 5.92 Å². The fourth-order valence-electron chi connectivity index (χ4n) is 2.34. The highest BCUT2D eigenvalue weighted by Gasteiger charge is 2.23. The number of nitrogens with two attached hydrogens (primary N) is 1. The van der Waals surface area contributed by atoms with Gasteiger partial charge in [0.2, 0.25) is 0 Å². The molecular formula is C15H19N3. The van der Waals surface area contributed by atoms with E-state index in [0.29, 0.717) is 0 Å². The van der Waals surface area contributed by atoms with Crippen LogP contribution < -0.4 is 5.73 Å². The van der Waals surface area contributed by atoms with Gasteiger partial charge in [0.25, 0.3) is 0 Å². The van der Waals surface area contributed by atoms with Crippen molar-refractivity contribution >= 4 is 0 Å². The Balaban J connectivity index is 1.71. The predicted molar refractivity (Wildman–Crippen MR) is 72.0 cm³/mol. The number of nitrogens with zero attached hydrogens (tertiary/aromatic N) is 2. The van der Waals surface area contributed by atoms with E-state index in [2.05, 4.69) is 33.8 Å². The summed E-state index contributed by atoms with van der Waals surface area (Å²) in [5, 5.41) is 0. The highest BCUT2D eigenvalue weighted by atomic mass is 15.1. The Bertz CT molecular complexity index is 499. The second-order valence-electron chi connectivity index (χ2n) is 5.21. The molecule has 2 N–H and O–H groups in total. The molecule has 1 saturated carbocycles. The molecule has 1 aliphatic rings. The van der Waals surface area contributed by atoms with Gasteiger partial charge in [-0.15, -0.1) is 0 Å². The average Bonchev–Trinajstić information content (AvgIpc) is 3.06. The molecule has 0 saturated heterocycles. The summed E-state index contributed by atoms with van der Waals surface area (Å²) in [5.41, 5.74) is 8.75. The van der Waals surface area contributed by atoms with E-state index in [-0.39, 0.29) is 6.04 Å². The summed E-state index contributed by atoms with van der Waals surface area (Å²) in [4.78, 5) is 4.25. The zero-order valence-corrected chi connectivity index (χ0v) is 10.5. The Morgan fingerprint density at radius 3 is 2.78 bits per heavy atom. The van der Waals surface area contributed by atoms with Crippen LogP contribution in [0.25, 0.3) is 0 Å². The lowest BCUT2D eigenvalue weighted by Gasteiger charge is -2.14. The van der Waals surface area contributed by atoms with E-state index >= 15 is 0 Å². The molecule has 0 spiro atoms. The lowest BCUT2D eigenvalue weighted by atomic mass is 10.0. The van der Waals surface area contributed by atoms with Gasteiger partial charge in [0.1, 0.15) is 0 Å². The summed E-state index contributed by atoms with van der Waals surface area (Å²) in [7, 11) is 0. The molecule has 0 amide bonds. The fraction of sp³-hybridized carbons (Fsp3) is 0.400. The van der Waals surface area contributed by atoms with Gasteiger partial charge in [-0.3, -0.25) is 0 Å². The molecule has 3 nitrogen and oxygen atoms in total. The van der Waals surface area contributed by atoms with Crippen molar-refractivity contribution in [1.29, 1.82) is 0 Å². The van der Waals surface area contributed by atoms with Gasteiger partial charge in [0.05, 0.1) is 18.1 Å². The maximum atomic E-state index is 6.31. The minimum atomic E-state index is 0.0358. The van der Waals surface area contributed by atoms with Crippen LogP contribution in [0.4, 0.5) is 0 Å². The molecule has 0 unspecified atom stereocenters. The summed E-state index contributed by atoms with van der Waals surface area (Å²) in [6.45, 7) is 1.08. The molecule has 0 bridgehead atoms. The zero-order valence-electron chi connectivity index (χ0n) is 10.5. The molecule has 1 aromatic heterocycles. The number of hydrogen-bond acceptors (Lipinski definition) is 2. The normalized spacial score (nSPS) is 16.7. The molecule has 1 aliphatic carbocycles. The minimum absolute atomic E-state index is 0.0358. The first-order valence-corrected chi connectivity index (χ1v) is 6.62. The van der Waals surface area contributed by atoms with Crippen LogP contribution in [-0.4, -0.2) is 9.55 Å². The molecule has 1 aromatic carbocycles. The van der Waals surface area contributed by atoms with Crippen LogP contribution in [0.2, 0.25) is 0 Å². The van der Waals surface area contributed by atoms with Gasteiger partial charge in [-0.1, -0.05) is 30.3 Å². The van der Waals surface area contributed by atoms with Crippen LogP contribution in [0.15, 0.2) is 42.9 Å². The quantitative estimate of drug-likeness (QED) is 0.874. The summed E-state index contributed by atoms with van der Waals surface area (Å²) in [6.07, 6.45) is 7.41. The smallest absolute Gasteiger partial charge is 0.0948 e. The van der Waals surface area contributed by atoms with Crippen molar-refractivity contribution in [3.8, 4) is 0 Å². The van der Waals surface area contributed by atoms with E-state index in [1.165, 1.54) is 18.4 Å². The Morgan fingerprint density at radius 1 is 1.28 bits per heavy atom. The number of aromatic nitrogens is 2. The molecule has 1 atom stereocenters. The molecule has 94 valence electrons. The summed E-state index contributed by atoms with van der Waals surface area (Å²) in [6, 6.07) is 10.4. The molecule has 3 heteroatoms. The minimum Gasteiger partial charge on any atom is -0.333 e. The van der Waals surface area contributed by atoms with Crippen molar-refractivity contribution in [3.05, 3.63) is 54.1 Å². The number of hydrogen-bond donors (Lipinski definition) is 1. The first kappa shape index (κ1) is 11.5. The summed E-state index contributed by atoms with van der Waals surface area (Å²) in [5.74, 6) is 0.849. The second-order valence-corrected chi connectivity index (χ2v) is 5.21. The van der Waals surface area contributed by atoms with Crippen molar-refractivity contribution in [2.75, 3.05) is 0 Å².